The van der Waals surface area contributed by atoms with Gasteiger partial charge in [-0.25, -0.2) is 0 Å². The first-order valence-corrected chi connectivity index (χ1v) is 10.7. The van der Waals surface area contributed by atoms with Crippen LogP contribution in [0.4, 0.5) is 11.4 Å². The van der Waals surface area contributed by atoms with E-state index in [0.29, 0.717) is 22.8 Å². The minimum atomic E-state index is -0.183. The molecule has 1 fully saturated rings. The molecule has 5 nitrogen and oxygen atoms in total. The summed E-state index contributed by atoms with van der Waals surface area (Å²) in [5.41, 5.74) is 4.30. The first-order valence-electron chi connectivity index (χ1n) is 9.61. The van der Waals surface area contributed by atoms with E-state index in [-0.39, 0.29) is 17.2 Å². The molecule has 0 radical (unpaired) electrons. The smallest absolute Gasteiger partial charge is 0.255 e. The number of thioether (sulfide) groups is 1. The average molecular weight is 419 g/mol. The van der Waals surface area contributed by atoms with Gasteiger partial charge in [-0.05, 0) is 60.5 Å². The zero-order valence-electron chi connectivity index (χ0n) is 16.8. The molecule has 0 saturated carbocycles. The van der Waals surface area contributed by atoms with E-state index in [1.807, 2.05) is 60.4 Å². The number of amides is 2. The Labute approximate surface area is 180 Å². The lowest BCUT2D eigenvalue weighted by molar-refractivity contribution is -0.115. The van der Waals surface area contributed by atoms with Gasteiger partial charge >= 0.3 is 0 Å². The van der Waals surface area contributed by atoms with Gasteiger partial charge in [-0.3, -0.25) is 14.5 Å². The van der Waals surface area contributed by atoms with Crippen LogP contribution in [0.5, 0.6) is 5.75 Å². The summed E-state index contributed by atoms with van der Waals surface area (Å²) >= 11 is 1.61. The van der Waals surface area contributed by atoms with Gasteiger partial charge in [0.2, 0.25) is 5.91 Å². The van der Waals surface area contributed by atoms with Crippen LogP contribution < -0.4 is 15.0 Å². The Kier molecular flexibility index (Phi) is 5.77. The number of benzene rings is 3. The monoisotopic (exact) mass is 418 g/mol. The lowest BCUT2D eigenvalue weighted by atomic mass is 10.1. The summed E-state index contributed by atoms with van der Waals surface area (Å²) < 4.78 is 5.12. The molecule has 3 aromatic rings. The summed E-state index contributed by atoms with van der Waals surface area (Å²) in [5, 5.41) is 2.83. The molecule has 0 bridgehead atoms. The van der Waals surface area contributed by atoms with Crippen molar-refractivity contribution in [2.45, 2.75) is 12.3 Å². The van der Waals surface area contributed by atoms with Gasteiger partial charge in [-0.2, -0.15) is 0 Å². The number of anilines is 2. The van der Waals surface area contributed by atoms with E-state index < -0.39 is 0 Å². The summed E-state index contributed by atoms with van der Waals surface area (Å²) in [6.07, 6.45) is 0. The zero-order valence-corrected chi connectivity index (χ0v) is 17.6. The van der Waals surface area contributed by atoms with Gasteiger partial charge in [0.15, 0.2) is 0 Å². The predicted molar refractivity (Wildman–Crippen MR) is 121 cm³/mol. The number of ether oxygens (including phenoxy) is 1. The Bertz CT molecular complexity index is 1060. The largest absolute Gasteiger partial charge is 0.497 e. The molecular formula is C24H22N2O3S. The van der Waals surface area contributed by atoms with Gasteiger partial charge < -0.3 is 10.1 Å². The van der Waals surface area contributed by atoms with Crippen molar-refractivity contribution in [2.24, 2.45) is 0 Å². The standard InChI is InChI=1S/C24H22N2O3S/c1-16-5-3-4-6-21(16)26-22(27)15-30-24(26)18-7-11-19(12-8-18)25-23(28)17-9-13-20(29-2)14-10-17/h3-14,24H,15H2,1-2H3,(H,25,28)/t24-/m1/s1. The number of hydrogen-bond acceptors (Lipinski definition) is 4. The molecule has 1 heterocycles. The van der Waals surface area contributed by atoms with Gasteiger partial charge in [0.25, 0.3) is 5.91 Å². The van der Waals surface area contributed by atoms with E-state index >= 15 is 0 Å². The van der Waals surface area contributed by atoms with E-state index in [1.54, 1.807) is 43.1 Å². The molecule has 3 aromatic carbocycles. The van der Waals surface area contributed by atoms with Crippen LogP contribution in [0.25, 0.3) is 0 Å². The highest BCUT2D eigenvalue weighted by atomic mass is 32.2. The molecule has 1 aliphatic heterocycles. The average Bonchev–Trinajstić information content (AvgIpc) is 3.16. The van der Waals surface area contributed by atoms with Gasteiger partial charge in [0.05, 0.1) is 12.9 Å². The van der Waals surface area contributed by atoms with Crippen LogP contribution >= 0.6 is 11.8 Å². The third-order valence-corrected chi connectivity index (χ3v) is 6.26. The highest BCUT2D eigenvalue weighted by Gasteiger charge is 2.34. The summed E-state index contributed by atoms with van der Waals surface area (Å²) in [6, 6.07) is 22.6. The molecule has 2 amide bonds. The van der Waals surface area contributed by atoms with E-state index in [1.165, 1.54) is 0 Å². The van der Waals surface area contributed by atoms with E-state index in [9.17, 15) is 9.59 Å². The fourth-order valence-electron chi connectivity index (χ4n) is 3.44. The molecule has 30 heavy (non-hydrogen) atoms. The summed E-state index contributed by atoms with van der Waals surface area (Å²) in [7, 11) is 1.59. The summed E-state index contributed by atoms with van der Waals surface area (Å²) in [5.74, 6) is 1.08. The van der Waals surface area contributed by atoms with Crippen LogP contribution in [0, 0.1) is 6.92 Å². The number of carbonyl (C=O) groups is 2. The number of nitrogens with one attached hydrogen (secondary N) is 1. The summed E-state index contributed by atoms with van der Waals surface area (Å²) in [4.78, 5) is 26.9. The van der Waals surface area contributed by atoms with Crippen LogP contribution in [0.2, 0.25) is 0 Å². The van der Waals surface area contributed by atoms with Crippen molar-refractivity contribution in [1.29, 1.82) is 0 Å². The number of para-hydroxylation sites is 1. The van der Waals surface area contributed by atoms with Crippen LogP contribution in [-0.2, 0) is 4.79 Å². The quantitative estimate of drug-likeness (QED) is 0.631. The van der Waals surface area contributed by atoms with E-state index in [0.717, 1.165) is 16.8 Å². The van der Waals surface area contributed by atoms with Crippen LogP contribution in [0.1, 0.15) is 26.9 Å². The second kappa shape index (κ2) is 8.63. The Morgan fingerprint density at radius 1 is 1.03 bits per heavy atom. The maximum Gasteiger partial charge on any atom is 0.255 e. The fourth-order valence-corrected chi connectivity index (χ4v) is 4.61. The van der Waals surface area contributed by atoms with Crippen molar-refractivity contribution < 1.29 is 14.3 Å². The van der Waals surface area contributed by atoms with Crippen molar-refractivity contribution in [3.05, 3.63) is 89.5 Å². The molecular weight excluding hydrogens is 396 g/mol. The topological polar surface area (TPSA) is 58.6 Å². The molecule has 152 valence electrons. The Hall–Kier alpha value is -3.25. The van der Waals surface area contributed by atoms with Gasteiger partial charge in [-0.15, -0.1) is 11.8 Å². The van der Waals surface area contributed by atoms with Crippen LogP contribution in [0.3, 0.4) is 0 Å². The molecule has 0 unspecified atom stereocenters. The number of carbonyl (C=O) groups excluding carboxylic acids is 2. The second-order valence-electron chi connectivity index (χ2n) is 7.02. The molecule has 1 N–H and O–H groups in total. The highest BCUT2D eigenvalue weighted by molar-refractivity contribution is 8.00. The van der Waals surface area contributed by atoms with Crippen molar-refractivity contribution in [3.63, 3.8) is 0 Å². The predicted octanol–water partition coefficient (Wildman–Crippen LogP) is 5.03. The lowest BCUT2D eigenvalue weighted by Gasteiger charge is -2.26. The number of nitrogens with zero attached hydrogens (tertiary/aromatic N) is 1. The maximum atomic E-state index is 12.6. The number of hydrogen-bond donors (Lipinski definition) is 1. The summed E-state index contributed by atoms with van der Waals surface area (Å²) in [6.45, 7) is 2.01. The van der Waals surface area contributed by atoms with Gasteiger partial charge in [-0.1, -0.05) is 30.3 Å². The van der Waals surface area contributed by atoms with E-state index in [2.05, 4.69) is 5.32 Å². The minimum absolute atomic E-state index is 0.0788. The molecule has 0 spiro atoms. The highest BCUT2D eigenvalue weighted by Crippen LogP contribution is 2.42. The molecule has 6 heteroatoms. The second-order valence-corrected chi connectivity index (χ2v) is 8.09. The van der Waals surface area contributed by atoms with Crippen LogP contribution in [0.15, 0.2) is 72.8 Å². The fraction of sp³-hybridized carbons (Fsp3) is 0.167. The van der Waals surface area contributed by atoms with Gasteiger partial charge in [0, 0.05) is 16.9 Å². The minimum Gasteiger partial charge on any atom is -0.497 e. The Morgan fingerprint density at radius 3 is 2.40 bits per heavy atom. The number of methoxy groups -OCH3 is 1. The first-order chi connectivity index (χ1) is 14.6. The van der Waals surface area contributed by atoms with Gasteiger partial charge in [0.1, 0.15) is 11.1 Å². The lowest BCUT2D eigenvalue weighted by Crippen LogP contribution is -2.28. The van der Waals surface area contributed by atoms with Crippen LogP contribution in [-0.4, -0.2) is 24.7 Å². The molecule has 0 aliphatic carbocycles. The Balaban J connectivity index is 1.50. The number of aryl methyl sites for hydroxylation is 1. The van der Waals surface area contributed by atoms with Crippen molar-refractivity contribution in [1.82, 2.24) is 0 Å². The molecule has 0 aromatic heterocycles. The molecule has 4 rings (SSSR count). The number of rotatable bonds is 5. The first kappa shape index (κ1) is 20.0. The van der Waals surface area contributed by atoms with E-state index in [4.69, 9.17) is 4.74 Å². The van der Waals surface area contributed by atoms with Crippen molar-refractivity contribution >= 4 is 35.0 Å². The maximum absolute atomic E-state index is 12.6. The Morgan fingerprint density at radius 2 is 1.73 bits per heavy atom. The van der Waals surface area contributed by atoms with Crippen molar-refractivity contribution in [3.8, 4) is 5.75 Å². The molecule has 1 saturated heterocycles. The third kappa shape index (κ3) is 4.04. The molecule has 1 atom stereocenters. The van der Waals surface area contributed by atoms with Crippen molar-refractivity contribution in [2.75, 3.05) is 23.1 Å². The SMILES string of the molecule is COc1ccc(C(=O)Nc2ccc([C@H]3SCC(=O)N3c3ccccc3C)cc2)cc1. The normalized spacial score (nSPS) is 15.9. The molecule has 1 aliphatic rings. The third-order valence-electron chi connectivity index (χ3n) is 5.05. The zero-order chi connectivity index (χ0) is 21.1.